The van der Waals surface area contributed by atoms with Gasteiger partial charge in [-0.05, 0) is 18.2 Å². The lowest BCUT2D eigenvalue weighted by Crippen LogP contribution is -1.93. The van der Waals surface area contributed by atoms with Crippen LogP contribution in [0.1, 0.15) is 0 Å². The summed E-state index contributed by atoms with van der Waals surface area (Å²) in [6.45, 7) is 0. The van der Waals surface area contributed by atoms with Crippen molar-refractivity contribution in [3.8, 4) is 28.4 Å². The van der Waals surface area contributed by atoms with Crippen molar-refractivity contribution in [1.29, 1.82) is 0 Å². The number of hydrogen-bond acceptors (Lipinski definition) is 3. The molecule has 2 aromatic carbocycles. The van der Waals surface area contributed by atoms with Gasteiger partial charge in [0.1, 0.15) is 5.15 Å². The average molecular weight is 301 g/mol. The van der Waals surface area contributed by atoms with E-state index < -0.39 is 11.6 Å². The second kappa shape index (κ2) is 5.50. The Labute approximate surface area is 125 Å². The standard InChI is InChI=1S/C16H10ClFN2O/c17-15-9-13(10-4-2-1-3-5-10)19-16(20-15)11-6-7-14(21)12(18)8-11/h1-9,21H. The molecule has 0 fully saturated rings. The number of hydrogen-bond donors (Lipinski definition) is 1. The first-order chi connectivity index (χ1) is 10.1. The third-order valence-corrected chi connectivity index (χ3v) is 3.16. The Morgan fingerprint density at radius 2 is 1.67 bits per heavy atom. The van der Waals surface area contributed by atoms with Crippen LogP contribution in [-0.2, 0) is 0 Å². The van der Waals surface area contributed by atoms with Gasteiger partial charge in [-0.15, -0.1) is 0 Å². The van der Waals surface area contributed by atoms with Crippen LogP contribution in [0.2, 0.25) is 5.15 Å². The summed E-state index contributed by atoms with van der Waals surface area (Å²) in [6.07, 6.45) is 0. The average Bonchev–Trinajstić information content (AvgIpc) is 2.50. The minimum atomic E-state index is -0.725. The molecular formula is C16H10ClFN2O. The highest BCUT2D eigenvalue weighted by molar-refractivity contribution is 6.29. The zero-order chi connectivity index (χ0) is 14.8. The van der Waals surface area contributed by atoms with Crippen molar-refractivity contribution >= 4 is 11.6 Å². The second-order valence-corrected chi connectivity index (χ2v) is 4.82. The van der Waals surface area contributed by atoms with Gasteiger partial charge in [0.05, 0.1) is 5.69 Å². The molecule has 21 heavy (non-hydrogen) atoms. The van der Waals surface area contributed by atoms with Crippen molar-refractivity contribution in [2.24, 2.45) is 0 Å². The van der Waals surface area contributed by atoms with Crippen LogP contribution < -0.4 is 0 Å². The predicted octanol–water partition coefficient (Wildman–Crippen LogP) is 4.31. The third kappa shape index (κ3) is 2.85. The molecule has 0 spiro atoms. The maximum Gasteiger partial charge on any atom is 0.165 e. The first-order valence-corrected chi connectivity index (χ1v) is 6.60. The van der Waals surface area contributed by atoms with E-state index in [-0.39, 0.29) is 5.15 Å². The minimum absolute atomic E-state index is 0.271. The lowest BCUT2D eigenvalue weighted by Gasteiger charge is -2.06. The van der Waals surface area contributed by atoms with Gasteiger partial charge in [-0.1, -0.05) is 41.9 Å². The fourth-order valence-electron chi connectivity index (χ4n) is 1.95. The summed E-state index contributed by atoms with van der Waals surface area (Å²) in [5.41, 5.74) is 1.99. The fraction of sp³-hybridized carbons (Fsp3) is 0. The number of phenols is 1. The summed E-state index contributed by atoms with van der Waals surface area (Å²) in [5, 5.41) is 9.51. The number of phenolic OH excluding ortho intramolecular Hbond substituents is 1. The van der Waals surface area contributed by atoms with Crippen LogP contribution in [0.3, 0.4) is 0 Å². The summed E-state index contributed by atoms with van der Waals surface area (Å²) >= 11 is 6.03. The highest BCUT2D eigenvalue weighted by atomic mass is 35.5. The molecule has 1 heterocycles. The van der Waals surface area contributed by atoms with Crippen molar-refractivity contribution in [1.82, 2.24) is 9.97 Å². The zero-order valence-corrected chi connectivity index (χ0v) is 11.5. The fourth-order valence-corrected chi connectivity index (χ4v) is 2.13. The van der Waals surface area contributed by atoms with Gasteiger partial charge in [0, 0.05) is 17.2 Å². The van der Waals surface area contributed by atoms with Gasteiger partial charge >= 0.3 is 0 Å². The second-order valence-electron chi connectivity index (χ2n) is 4.43. The van der Waals surface area contributed by atoms with Gasteiger partial charge in [-0.3, -0.25) is 0 Å². The molecule has 1 aromatic heterocycles. The number of benzene rings is 2. The SMILES string of the molecule is Oc1ccc(-c2nc(Cl)cc(-c3ccccc3)n2)cc1F. The van der Waals surface area contributed by atoms with Gasteiger partial charge in [0.2, 0.25) is 0 Å². The number of aromatic hydroxyl groups is 1. The summed E-state index contributed by atoms with van der Waals surface area (Å²) in [7, 11) is 0. The normalized spacial score (nSPS) is 10.6. The molecule has 3 rings (SSSR count). The Kier molecular flexibility index (Phi) is 3.54. The predicted molar refractivity (Wildman–Crippen MR) is 79.5 cm³/mol. The molecule has 0 bridgehead atoms. The monoisotopic (exact) mass is 300 g/mol. The maximum absolute atomic E-state index is 13.5. The Balaban J connectivity index is 2.11. The van der Waals surface area contributed by atoms with E-state index in [0.29, 0.717) is 17.1 Å². The van der Waals surface area contributed by atoms with Crippen molar-refractivity contribution in [3.05, 3.63) is 65.6 Å². The lowest BCUT2D eigenvalue weighted by molar-refractivity contribution is 0.432. The molecule has 1 N–H and O–H groups in total. The molecule has 0 atom stereocenters. The first kappa shape index (κ1) is 13.5. The van der Waals surface area contributed by atoms with Crippen LogP contribution in [0.25, 0.3) is 22.6 Å². The molecule has 0 aliphatic rings. The van der Waals surface area contributed by atoms with Gasteiger partial charge in [0.25, 0.3) is 0 Å². The topological polar surface area (TPSA) is 46.0 Å². The minimum Gasteiger partial charge on any atom is -0.505 e. The molecule has 5 heteroatoms. The number of nitrogens with zero attached hydrogens (tertiary/aromatic N) is 2. The molecule has 0 amide bonds. The Morgan fingerprint density at radius 3 is 2.38 bits per heavy atom. The number of aromatic nitrogens is 2. The van der Waals surface area contributed by atoms with Gasteiger partial charge < -0.3 is 5.11 Å². The van der Waals surface area contributed by atoms with Gasteiger partial charge in [0.15, 0.2) is 17.4 Å². The summed E-state index contributed by atoms with van der Waals surface area (Å²) < 4.78 is 13.5. The number of halogens is 2. The van der Waals surface area contributed by atoms with E-state index in [2.05, 4.69) is 9.97 Å². The highest BCUT2D eigenvalue weighted by Crippen LogP contribution is 2.26. The van der Waals surface area contributed by atoms with E-state index in [9.17, 15) is 9.50 Å². The first-order valence-electron chi connectivity index (χ1n) is 6.22. The zero-order valence-electron chi connectivity index (χ0n) is 10.8. The summed E-state index contributed by atoms with van der Waals surface area (Å²) in [6, 6.07) is 15.1. The lowest BCUT2D eigenvalue weighted by atomic mass is 10.1. The van der Waals surface area contributed by atoms with Crippen LogP contribution >= 0.6 is 11.6 Å². The van der Waals surface area contributed by atoms with E-state index in [0.717, 1.165) is 5.56 Å². The highest BCUT2D eigenvalue weighted by Gasteiger charge is 2.10. The Morgan fingerprint density at radius 1 is 0.905 bits per heavy atom. The molecule has 0 aliphatic carbocycles. The molecule has 0 unspecified atom stereocenters. The van der Waals surface area contributed by atoms with E-state index in [1.165, 1.54) is 12.1 Å². The van der Waals surface area contributed by atoms with E-state index >= 15 is 0 Å². The molecule has 3 nitrogen and oxygen atoms in total. The molecule has 3 aromatic rings. The number of rotatable bonds is 2. The largest absolute Gasteiger partial charge is 0.505 e. The van der Waals surface area contributed by atoms with Crippen LogP contribution in [-0.4, -0.2) is 15.1 Å². The van der Waals surface area contributed by atoms with E-state index in [4.69, 9.17) is 11.6 Å². The van der Waals surface area contributed by atoms with Crippen molar-refractivity contribution < 1.29 is 9.50 Å². The maximum atomic E-state index is 13.5. The van der Waals surface area contributed by atoms with Crippen LogP contribution in [0.5, 0.6) is 5.75 Å². The van der Waals surface area contributed by atoms with Crippen molar-refractivity contribution in [3.63, 3.8) is 0 Å². The molecule has 0 aliphatic heterocycles. The molecule has 0 radical (unpaired) electrons. The van der Waals surface area contributed by atoms with Crippen molar-refractivity contribution in [2.75, 3.05) is 0 Å². The molecule has 0 saturated carbocycles. The smallest absolute Gasteiger partial charge is 0.165 e. The van der Waals surface area contributed by atoms with Crippen LogP contribution in [0, 0.1) is 5.82 Å². The molecule has 0 saturated heterocycles. The Bertz CT molecular complexity index is 794. The van der Waals surface area contributed by atoms with E-state index in [1.807, 2.05) is 30.3 Å². The Hall–Kier alpha value is -2.46. The third-order valence-electron chi connectivity index (χ3n) is 2.97. The van der Waals surface area contributed by atoms with Gasteiger partial charge in [-0.25, -0.2) is 14.4 Å². The van der Waals surface area contributed by atoms with Crippen LogP contribution in [0.15, 0.2) is 54.6 Å². The molecule has 104 valence electrons. The quantitative estimate of drug-likeness (QED) is 0.717. The van der Waals surface area contributed by atoms with Gasteiger partial charge in [-0.2, -0.15) is 0 Å². The van der Waals surface area contributed by atoms with Crippen molar-refractivity contribution in [2.45, 2.75) is 0 Å². The summed E-state index contributed by atoms with van der Waals surface area (Å²) in [4.78, 5) is 8.51. The van der Waals surface area contributed by atoms with Crippen LogP contribution in [0.4, 0.5) is 4.39 Å². The molecular weight excluding hydrogens is 291 g/mol. The summed E-state index contributed by atoms with van der Waals surface area (Å²) in [5.74, 6) is -0.832. The van der Waals surface area contributed by atoms with E-state index in [1.54, 1.807) is 12.1 Å².